The largest absolute Gasteiger partial charge is 0.480 e. The molecular weight excluding hydrogens is 287 g/mol. The third-order valence-corrected chi connectivity index (χ3v) is 2.95. The fourth-order valence-corrected chi connectivity index (χ4v) is 1.84. The lowest BCUT2D eigenvalue weighted by Crippen LogP contribution is -2.44. The minimum atomic E-state index is -1.28. The third kappa shape index (κ3) is 5.78. The molecule has 5 N–H and O–H groups in total. The van der Waals surface area contributed by atoms with E-state index in [4.69, 9.17) is 11.5 Å². The van der Waals surface area contributed by atoms with Crippen molar-refractivity contribution in [2.24, 2.45) is 11.5 Å². The quantitative estimate of drug-likeness (QED) is 0.674. The molecule has 1 aromatic carbocycles. The van der Waals surface area contributed by atoms with Gasteiger partial charge in [-0.25, -0.2) is 4.79 Å². The van der Waals surface area contributed by atoms with Gasteiger partial charge in [0.2, 0.25) is 0 Å². The van der Waals surface area contributed by atoms with Crippen LogP contribution in [-0.2, 0) is 10.3 Å². The van der Waals surface area contributed by atoms with Crippen molar-refractivity contribution in [2.45, 2.75) is 31.2 Å². The predicted molar refractivity (Wildman–Crippen MR) is 82.0 cm³/mol. The van der Waals surface area contributed by atoms with Gasteiger partial charge in [0, 0.05) is 0 Å². The number of halogens is 2. The van der Waals surface area contributed by atoms with Gasteiger partial charge in [-0.1, -0.05) is 43.2 Å². The molecule has 110 valence electrons. The van der Waals surface area contributed by atoms with Crippen molar-refractivity contribution in [1.29, 1.82) is 0 Å². The minimum Gasteiger partial charge on any atom is -0.480 e. The Kier molecular flexibility index (Phi) is 10.8. The molecule has 1 unspecified atom stereocenters. The normalized spacial score (nSPS) is 12.7. The van der Waals surface area contributed by atoms with Gasteiger partial charge in [0.1, 0.15) is 5.54 Å². The number of hydrogen-bond acceptors (Lipinski definition) is 3. The first kappa shape index (κ1) is 20.5. The standard InChI is InChI=1S/C13H20N2O2.2ClH/c14-10-6-2-5-9-13(15,12(16)17)11-7-3-1-4-8-11;;/h1,3-4,7-8H,2,5-6,9-10,14-15H2,(H,16,17);2*1H. The SMILES string of the molecule is Cl.Cl.NCCCCCC(N)(C(=O)O)c1ccccc1. The summed E-state index contributed by atoms with van der Waals surface area (Å²) in [5.74, 6) is -0.976. The first-order valence-electron chi connectivity index (χ1n) is 5.89. The first-order chi connectivity index (χ1) is 8.11. The maximum atomic E-state index is 11.3. The van der Waals surface area contributed by atoms with Crippen LogP contribution in [0.15, 0.2) is 30.3 Å². The fraction of sp³-hybridized carbons (Fsp3) is 0.462. The lowest BCUT2D eigenvalue weighted by atomic mass is 9.86. The number of carbonyl (C=O) groups is 1. The minimum absolute atomic E-state index is 0. The highest BCUT2D eigenvalue weighted by Crippen LogP contribution is 2.25. The Morgan fingerprint density at radius 1 is 1.11 bits per heavy atom. The van der Waals surface area contributed by atoms with Crippen LogP contribution in [-0.4, -0.2) is 17.6 Å². The summed E-state index contributed by atoms with van der Waals surface area (Å²) in [7, 11) is 0. The Bertz CT molecular complexity index is 363. The summed E-state index contributed by atoms with van der Waals surface area (Å²) < 4.78 is 0. The lowest BCUT2D eigenvalue weighted by Gasteiger charge is -2.25. The van der Waals surface area contributed by atoms with Crippen molar-refractivity contribution in [2.75, 3.05) is 6.54 Å². The highest BCUT2D eigenvalue weighted by molar-refractivity contribution is 5.85. The van der Waals surface area contributed by atoms with Crippen molar-refractivity contribution in [3.63, 3.8) is 0 Å². The highest BCUT2D eigenvalue weighted by atomic mass is 35.5. The number of unbranched alkanes of at least 4 members (excludes halogenated alkanes) is 2. The van der Waals surface area contributed by atoms with Crippen LogP contribution < -0.4 is 11.5 Å². The monoisotopic (exact) mass is 308 g/mol. The molecule has 0 saturated heterocycles. The number of aliphatic carboxylic acids is 1. The van der Waals surface area contributed by atoms with Crippen molar-refractivity contribution in [1.82, 2.24) is 0 Å². The smallest absolute Gasteiger partial charge is 0.328 e. The molecule has 6 heteroatoms. The predicted octanol–water partition coefficient (Wildman–Crippen LogP) is 2.29. The van der Waals surface area contributed by atoms with E-state index in [1.165, 1.54) is 0 Å². The Morgan fingerprint density at radius 3 is 2.16 bits per heavy atom. The molecule has 4 nitrogen and oxygen atoms in total. The van der Waals surface area contributed by atoms with Crippen molar-refractivity contribution >= 4 is 30.8 Å². The first-order valence-corrected chi connectivity index (χ1v) is 5.89. The molecule has 1 aromatic rings. The van der Waals surface area contributed by atoms with Gasteiger partial charge in [-0.2, -0.15) is 0 Å². The zero-order valence-corrected chi connectivity index (χ0v) is 12.4. The average molecular weight is 309 g/mol. The molecule has 0 aliphatic heterocycles. The Balaban J connectivity index is 0. The van der Waals surface area contributed by atoms with E-state index in [-0.39, 0.29) is 24.8 Å². The number of hydrogen-bond donors (Lipinski definition) is 3. The number of nitrogens with two attached hydrogens (primary N) is 2. The number of benzene rings is 1. The molecule has 0 aliphatic rings. The molecule has 19 heavy (non-hydrogen) atoms. The maximum Gasteiger partial charge on any atom is 0.328 e. The zero-order chi connectivity index (χ0) is 12.7. The molecule has 0 fully saturated rings. The Hall–Kier alpha value is -0.810. The molecule has 0 amide bonds. The molecule has 1 rings (SSSR count). The van der Waals surface area contributed by atoms with Gasteiger partial charge in [-0.3, -0.25) is 0 Å². The van der Waals surface area contributed by atoms with E-state index in [1.54, 1.807) is 24.3 Å². The molecule has 1 atom stereocenters. The molecular formula is C13H22Cl2N2O2. The van der Waals surface area contributed by atoms with Gasteiger partial charge >= 0.3 is 5.97 Å². The second kappa shape index (κ2) is 10.0. The molecule has 0 aliphatic carbocycles. The summed E-state index contributed by atoms with van der Waals surface area (Å²) in [6, 6.07) is 8.98. The third-order valence-electron chi connectivity index (χ3n) is 2.95. The van der Waals surface area contributed by atoms with Crippen LogP contribution in [0.2, 0.25) is 0 Å². The van der Waals surface area contributed by atoms with Gasteiger partial charge in [-0.05, 0) is 24.9 Å². The molecule has 0 bridgehead atoms. The van der Waals surface area contributed by atoms with Crippen LogP contribution >= 0.6 is 24.8 Å². The highest BCUT2D eigenvalue weighted by Gasteiger charge is 2.34. The van der Waals surface area contributed by atoms with Gasteiger partial charge in [0.15, 0.2) is 0 Å². The van der Waals surface area contributed by atoms with Gasteiger partial charge in [0.25, 0.3) is 0 Å². The topological polar surface area (TPSA) is 89.3 Å². The van der Waals surface area contributed by atoms with Crippen LogP contribution in [0.4, 0.5) is 0 Å². The fourth-order valence-electron chi connectivity index (χ4n) is 1.84. The maximum absolute atomic E-state index is 11.3. The van der Waals surface area contributed by atoms with E-state index < -0.39 is 11.5 Å². The van der Waals surface area contributed by atoms with E-state index in [2.05, 4.69) is 0 Å². The van der Waals surface area contributed by atoms with Crippen LogP contribution in [0, 0.1) is 0 Å². The summed E-state index contributed by atoms with van der Waals surface area (Å²) in [6.45, 7) is 0.635. The molecule has 0 aromatic heterocycles. The molecule has 0 saturated carbocycles. The summed E-state index contributed by atoms with van der Waals surface area (Å²) in [5.41, 5.74) is 10.8. The van der Waals surface area contributed by atoms with Gasteiger partial charge in [0.05, 0.1) is 0 Å². The Labute approximate surface area is 126 Å². The van der Waals surface area contributed by atoms with E-state index in [1.807, 2.05) is 6.07 Å². The second-order valence-corrected chi connectivity index (χ2v) is 4.24. The summed E-state index contributed by atoms with van der Waals surface area (Å²) in [4.78, 5) is 11.3. The molecule has 0 radical (unpaired) electrons. The number of rotatable bonds is 7. The van der Waals surface area contributed by atoms with Crippen molar-refractivity contribution in [3.05, 3.63) is 35.9 Å². The van der Waals surface area contributed by atoms with Crippen LogP contribution in [0.25, 0.3) is 0 Å². The van der Waals surface area contributed by atoms with E-state index in [9.17, 15) is 9.90 Å². The van der Waals surface area contributed by atoms with Crippen molar-refractivity contribution < 1.29 is 9.90 Å². The van der Waals surface area contributed by atoms with Crippen LogP contribution in [0.1, 0.15) is 31.2 Å². The lowest BCUT2D eigenvalue weighted by molar-refractivity contribution is -0.144. The number of carboxylic acids is 1. The van der Waals surface area contributed by atoms with Gasteiger partial charge < -0.3 is 16.6 Å². The van der Waals surface area contributed by atoms with E-state index >= 15 is 0 Å². The zero-order valence-electron chi connectivity index (χ0n) is 10.7. The summed E-state index contributed by atoms with van der Waals surface area (Å²) in [6.07, 6.45) is 3.03. The Morgan fingerprint density at radius 2 is 1.68 bits per heavy atom. The summed E-state index contributed by atoms with van der Waals surface area (Å²) in [5, 5.41) is 9.29. The molecule has 0 spiro atoms. The van der Waals surface area contributed by atoms with Crippen molar-refractivity contribution in [3.8, 4) is 0 Å². The van der Waals surface area contributed by atoms with Crippen LogP contribution in [0.3, 0.4) is 0 Å². The number of carboxylic acid groups (broad SMARTS) is 1. The average Bonchev–Trinajstić information content (AvgIpc) is 2.35. The second-order valence-electron chi connectivity index (χ2n) is 4.24. The van der Waals surface area contributed by atoms with E-state index in [0.29, 0.717) is 18.5 Å². The van der Waals surface area contributed by atoms with E-state index in [0.717, 1.165) is 19.3 Å². The summed E-state index contributed by atoms with van der Waals surface area (Å²) >= 11 is 0. The van der Waals surface area contributed by atoms with Crippen LogP contribution in [0.5, 0.6) is 0 Å². The van der Waals surface area contributed by atoms with Gasteiger partial charge in [-0.15, -0.1) is 24.8 Å². The molecule has 0 heterocycles.